The summed E-state index contributed by atoms with van der Waals surface area (Å²) in [6, 6.07) is 9.33. The lowest BCUT2D eigenvalue weighted by Crippen LogP contribution is -2.26. The van der Waals surface area contributed by atoms with Crippen molar-refractivity contribution in [3.8, 4) is 0 Å². The molecule has 6 heteroatoms. The lowest BCUT2D eigenvalue weighted by molar-refractivity contribution is 0.0954. The van der Waals surface area contributed by atoms with Gasteiger partial charge in [0.2, 0.25) is 0 Å². The first kappa shape index (κ1) is 15.6. The molecule has 3 N–H and O–H groups in total. The number of nitrogens with two attached hydrogens (primary N) is 1. The molecule has 3 nitrogen and oxygen atoms in total. The van der Waals surface area contributed by atoms with E-state index in [-0.39, 0.29) is 27.5 Å². The van der Waals surface area contributed by atoms with Crippen LogP contribution in [0.25, 0.3) is 0 Å². The number of amides is 1. The molecule has 1 amide bonds. The minimum atomic E-state index is -0.336. The quantitative estimate of drug-likeness (QED) is 0.842. The highest BCUT2D eigenvalue weighted by Crippen LogP contribution is 2.29. The summed E-state index contributed by atoms with van der Waals surface area (Å²) in [6.45, 7) is 0.305. The molecule has 2 aromatic rings. The van der Waals surface area contributed by atoms with Crippen molar-refractivity contribution in [2.24, 2.45) is 0 Å². The first-order valence-corrected chi connectivity index (χ1v) is 7.00. The van der Waals surface area contributed by atoms with Gasteiger partial charge in [-0.2, -0.15) is 0 Å². The minimum absolute atomic E-state index is 0.218. The van der Waals surface area contributed by atoms with Gasteiger partial charge in [0.05, 0.1) is 15.7 Å². The summed E-state index contributed by atoms with van der Waals surface area (Å²) in [6.07, 6.45) is 0.398. The normalized spacial score (nSPS) is 10.4. The average molecular weight is 327 g/mol. The van der Waals surface area contributed by atoms with Crippen molar-refractivity contribution in [1.29, 1.82) is 0 Å². The molecule has 0 radical (unpaired) electrons. The average Bonchev–Trinajstić information content (AvgIpc) is 2.46. The van der Waals surface area contributed by atoms with Crippen molar-refractivity contribution in [1.82, 2.24) is 5.32 Å². The van der Waals surface area contributed by atoms with Gasteiger partial charge in [-0.1, -0.05) is 41.4 Å². The van der Waals surface area contributed by atoms with E-state index in [9.17, 15) is 9.18 Å². The van der Waals surface area contributed by atoms with E-state index in [1.165, 1.54) is 18.2 Å². The Labute approximate surface area is 131 Å². The number of carbonyl (C=O) groups is 1. The lowest BCUT2D eigenvalue weighted by atomic mass is 10.1. The zero-order valence-electron chi connectivity index (χ0n) is 11.0. The van der Waals surface area contributed by atoms with E-state index in [4.69, 9.17) is 28.9 Å². The van der Waals surface area contributed by atoms with Crippen molar-refractivity contribution in [3.05, 3.63) is 63.4 Å². The van der Waals surface area contributed by atoms with Gasteiger partial charge in [0, 0.05) is 12.1 Å². The number of anilines is 1. The van der Waals surface area contributed by atoms with E-state index in [1.807, 2.05) is 0 Å². The molecular weight excluding hydrogens is 314 g/mol. The smallest absolute Gasteiger partial charge is 0.251 e. The first-order chi connectivity index (χ1) is 9.99. The molecule has 2 rings (SSSR count). The van der Waals surface area contributed by atoms with E-state index in [0.29, 0.717) is 24.1 Å². The fourth-order valence-electron chi connectivity index (χ4n) is 1.86. The van der Waals surface area contributed by atoms with Crippen LogP contribution in [0.3, 0.4) is 0 Å². The molecule has 2 aromatic carbocycles. The van der Waals surface area contributed by atoms with Crippen molar-refractivity contribution in [3.63, 3.8) is 0 Å². The zero-order valence-corrected chi connectivity index (χ0v) is 12.5. The summed E-state index contributed by atoms with van der Waals surface area (Å²) in [5, 5.41) is 3.13. The van der Waals surface area contributed by atoms with E-state index >= 15 is 0 Å². The predicted molar refractivity (Wildman–Crippen MR) is 83.3 cm³/mol. The van der Waals surface area contributed by atoms with Gasteiger partial charge in [0.15, 0.2) is 0 Å². The van der Waals surface area contributed by atoms with Gasteiger partial charge in [0.1, 0.15) is 5.82 Å². The minimum Gasteiger partial charge on any atom is -0.397 e. The van der Waals surface area contributed by atoms with Crippen LogP contribution in [0.4, 0.5) is 10.1 Å². The van der Waals surface area contributed by atoms with E-state index in [1.54, 1.807) is 18.2 Å². The van der Waals surface area contributed by atoms with Crippen LogP contribution in [0.2, 0.25) is 10.0 Å². The number of rotatable bonds is 4. The number of hydrogen-bond acceptors (Lipinski definition) is 2. The highest BCUT2D eigenvalue weighted by atomic mass is 35.5. The molecule has 0 aliphatic rings. The second-order valence-corrected chi connectivity index (χ2v) is 5.24. The molecule has 0 aromatic heterocycles. The maximum atomic E-state index is 13.4. The van der Waals surface area contributed by atoms with Crippen LogP contribution < -0.4 is 11.1 Å². The Bertz CT molecular complexity index is 653. The van der Waals surface area contributed by atoms with Gasteiger partial charge < -0.3 is 11.1 Å². The van der Waals surface area contributed by atoms with Crippen molar-refractivity contribution in [2.45, 2.75) is 6.42 Å². The number of benzene rings is 2. The molecule has 0 fully saturated rings. The molecule has 0 aliphatic carbocycles. The monoisotopic (exact) mass is 326 g/mol. The zero-order chi connectivity index (χ0) is 15.4. The molecule has 110 valence electrons. The Kier molecular flexibility index (Phi) is 5.04. The largest absolute Gasteiger partial charge is 0.397 e. The summed E-state index contributed by atoms with van der Waals surface area (Å²) in [7, 11) is 0. The Morgan fingerprint density at radius 2 is 1.95 bits per heavy atom. The summed E-state index contributed by atoms with van der Waals surface area (Å²) in [5.74, 6) is -0.623. The van der Waals surface area contributed by atoms with E-state index < -0.39 is 0 Å². The number of nitrogen functional groups attached to an aromatic ring is 1. The second-order valence-electron chi connectivity index (χ2n) is 4.46. The van der Waals surface area contributed by atoms with Crippen LogP contribution in [0, 0.1) is 5.82 Å². The van der Waals surface area contributed by atoms with Crippen LogP contribution in [-0.2, 0) is 6.42 Å². The first-order valence-electron chi connectivity index (χ1n) is 6.25. The third kappa shape index (κ3) is 3.86. The highest BCUT2D eigenvalue weighted by Gasteiger charge is 2.11. The molecule has 21 heavy (non-hydrogen) atoms. The standard InChI is InChI=1S/C15H13Cl2FN2O/c16-11-7-10(8-13(19)14(11)17)15(21)20-6-5-9-3-1-2-4-12(9)18/h1-4,7-8H,5-6,19H2,(H,20,21). The van der Waals surface area contributed by atoms with Crippen molar-refractivity contribution in [2.75, 3.05) is 12.3 Å². The summed E-state index contributed by atoms with van der Waals surface area (Å²) >= 11 is 11.7. The van der Waals surface area contributed by atoms with Gasteiger partial charge >= 0.3 is 0 Å². The third-order valence-corrected chi connectivity index (χ3v) is 3.77. The Morgan fingerprint density at radius 3 is 2.62 bits per heavy atom. The maximum Gasteiger partial charge on any atom is 0.251 e. The molecule has 0 atom stereocenters. The molecule has 0 saturated carbocycles. The fraction of sp³-hybridized carbons (Fsp3) is 0.133. The number of hydrogen-bond donors (Lipinski definition) is 2. The summed E-state index contributed by atoms with van der Waals surface area (Å²) < 4.78 is 13.4. The SMILES string of the molecule is Nc1cc(C(=O)NCCc2ccccc2F)cc(Cl)c1Cl. The fourth-order valence-corrected chi connectivity index (χ4v) is 2.19. The van der Waals surface area contributed by atoms with Crippen LogP contribution >= 0.6 is 23.2 Å². The van der Waals surface area contributed by atoms with E-state index in [2.05, 4.69) is 5.32 Å². The number of halogens is 3. The highest BCUT2D eigenvalue weighted by molar-refractivity contribution is 6.43. The van der Waals surface area contributed by atoms with Crippen LogP contribution in [0.5, 0.6) is 0 Å². The molecule has 0 saturated heterocycles. The molecule has 0 aliphatic heterocycles. The van der Waals surface area contributed by atoms with Gasteiger partial charge in [-0.15, -0.1) is 0 Å². The van der Waals surface area contributed by atoms with Gasteiger partial charge in [-0.25, -0.2) is 4.39 Å². The van der Waals surface area contributed by atoms with Gasteiger partial charge in [-0.3, -0.25) is 4.79 Å². The van der Waals surface area contributed by atoms with Gasteiger partial charge in [0.25, 0.3) is 5.91 Å². The molecule has 0 bridgehead atoms. The van der Waals surface area contributed by atoms with Crippen molar-refractivity contribution < 1.29 is 9.18 Å². The lowest BCUT2D eigenvalue weighted by Gasteiger charge is -2.08. The van der Waals surface area contributed by atoms with Crippen molar-refractivity contribution >= 4 is 34.8 Å². The predicted octanol–water partition coefficient (Wildman–Crippen LogP) is 3.69. The van der Waals surface area contributed by atoms with Crippen LogP contribution in [0.15, 0.2) is 36.4 Å². The topological polar surface area (TPSA) is 55.1 Å². The summed E-state index contributed by atoms with van der Waals surface area (Å²) in [4.78, 5) is 12.0. The molecule has 0 heterocycles. The third-order valence-electron chi connectivity index (χ3n) is 2.96. The molecule has 0 spiro atoms. The summed E-state index contributed by atoms with van der Waals surface area (Å²) in [5.41, 5.74) is 6.76. The van der Waals surface area contributed by atoms with Crippen LogP contribution in [0.1, 0.15) is 15.9 Å². The molecular formula is C15H13Cl2FN2O. The van der Waals surface area contributed by atoms with E-state index in [0.717, 1.165) is 0 Å². The number of nitrogens with one attached hydrogen (secondary N) is 1. The van der Waals surface area contributed by atoms with Gasteiger partial charge in [-0.05, 0) is 30.2 Å². The Balaban J connectivity index is 1.98. The number of carbonyl (C=O) groups excluding carboxylic acids is 1. The Morgan fingerprint density at radius 1 is 1.24 bits per heavy atom. The Hall–Kier alpha value is -1.78. The van der Waals surface area contributed by atoms with Crippen LogP contribution in [-0.4, -0.2) is 12.5 Å². The second kappa shape index (κ2) is 6.78. The molecule has 0 unspecified atom stereocenters. The maximum absolute atomic E-state index is 13.4.